The van der Waals surface area contributed by atoms with Crippen LogP contribution in [0.5, 0.6) is 0 Å². The van der Waals surface area contributed by atoms with Crippen LogP contribution in [0, 0.1) is 0 Å². The van der Waals surface area contributed by atoms with Crippen LogP contribution in [-0.2, 0) is 9.59 Å². The summed E-state index contributed by atoms with van der Waals surface area (Å²) in [5, 5.41) is 0.833. The minimum absolute atomic E-state index is 0.0195. The highest BCUT2D eigenvalue weighted by atomic mass is 35.5. The maximum Gasteiger partial charge on any atom is 0.265 e. The third-order valence-electron chi connectivity index (χ3n) is 3.19. The highest BCUT2D eigenvalue weighted by molar-refractivity contribution is 8.04. The van der Waals surface area contributed by atoms with E-state index in [0.29, 0.717) is 20.6 Å². The number of carbonyl (C=O) groups excluding carboxylic acids is 2. The predicted octanol–water partition coefficient (Wildman–Crippen LogP) is 4.59. The van der Waals surface area contributed by atoms with E-state index in [1.54, 1.807) is 18.2 Å². The van der Waals surface area contributed by atoms with Gasteiger partial charge in [0.05, 0.1) is 11.4 Å². The third-order valence-corrected chi connectivity index (χ3v) is 4.65. The third kappa shape index (κ3) is 3.78. The van der Waals surface area contributed by atoms with E-state index in [0.717, 1.165) is 4.90 Å². The summed E-state index contributed by atoms with van der Waals surface area (Å²) in [7, 11) is 0. The number of anilines is 1. The van der Waals surface area contributed by atoms with E-state index in [2.05, 4.69) is 0 Å². The number of benzene rings is 2. The minimum atomic E-state index is -0.239. The quantitative estimate of drug-likeness (QED) is 0.800. The van der Waals surface area contributed by atoms with Crippen molar-refractivity contribution in [2.75, 3.05) is 11.4 Å². The molecule has 0 saturated heterocycles. The zero-order valence-electron chi connectivity index (χ0n) is 11.8. The van der Waals surface area contributed by atoms with E-state index in [4.69, 9.17) is 23.2 Å². The molecule has 1 heterocycles. The standard InChI is InChI=1S/C17H11Cl2NO2S/c18-11-6-12(19)8-13(7-11)20-10-14(21)9-16(17(20)22)23-15-4-2-1-3-5-15/h1-9H,10H2. The van der Waals surface area contributed by atoms with Gasteiger partial charge in [0.1, 0.15) is 0 Å². The van der Waals surface area contributed by atoms with Crippen molar-refractivity contribution in [3.63, 3.8) is 0 Å². The number of hydrogen-bond donors (Lipinski definition) is 0. The van der Waals surface area contributed by atoms with Crippen LogP contribution in [0.2, 0.25) is 10.0 Å². The van der Waals surface area contributed by atoms with Crippen molar-refractivity contribution in [1.29, 1.82) is 0 Å². The highest BCUT2D eigenvalue weighted by Crippen LogP contribution is 2.33. The second-order valence-corrected chi connectivity index (χ2v) is 6.90. The Balaban J connectivity index is 1.91. The lowest BCUT2D eigenvalue weighted by molar-refractivity contribution is -0.119. The normalized spacial score (nSPS) is 14.9. The molecule has 0 spiro atoms. The van der Waals surface area contributed by atoms with Gasteiger partial charge in [-0.1, -0.05) is 53.2 Å². The van der Waals surface area contributed by atoms with Crippen molar-refractivity contribution in [1.82, 2.24) is 0 Å². The number of carbonyl (C=O) groups is 2. The lowest BCUT2D eigenvalue weighted by atomic mass is 10.2. The molecule has 0 atom stereocenters. The summed E-state index contributed by atoms with van der Waals surface area (Å²) < 4.78 is 0. The number of rotatable bonds is 3. The Morgan fingerprint density at radius 3 is 2.26 bits per heavy atom. The molecule has 1 amide bonds. The second-order valence-electron chi connectivity index (χ2n) is 4.91. The van der Waals surface area contributed by atoms with Crippen molar-refractivity contribution in [3.8, 4) is 0 Å². The largest absolute Gasteiger partial charge is 0.300 e. The van der Waals surface area contributed by atoms with Gasteiger partial charge < -0.3 is 4.90 Å². The van der Waals surface area contributed by atoms with Crippen LogP contribution >= 0.6 is 35.0 Å². The van der Waals surface area contributed by atoms with Crippen LogP contribution in [0.15, 0.2) is 64.4 Å². The molecule has 1 aliphatic heterocycles. The lowest BCUT2D eigenvalue weighted by Gasteiger charge is -2.26. The average Bonchev–Trinajstić information content (AvgIpc) is 2.50. The Kier molecular flexibility index (Phi) is 4.76. The van der Waals surface area contributed by atoms with E-state index >= 15 is 0 Å². The van der Waals surface area contributed by atoms with E-state index in [9.17, 15) is 9.59 Å². The second kappa shape index (κ2) is 6.79. The molecule has 0 saturated carbocycles. The fourth-order valence-corrected chi connectivity index (χ4v) is 3.66. The van der Waals surface area contributed by atoms with E-state index in [1.807, 2.05) is 30.3 Å². The molecule has 0 radical (unpaired) electrons. The van der Waals surface area contributed by atoms with Gasteiger partial charge in [0.15, 0.2) is 5.78 Å². The Labute approximate surface area is 147 Å². The molecule has 0 bridgehead atoms. The molecule has 0 unspecified atom stereocenters. The maximum absolute atomic E-state index is 12.7. The van der Waals surface area contributed by atoms with Gasteiger partial charge in [0.25, 0.3) is 5.91 Å². The molecule has 0 aliphatic carbocycles. The molecule has 2 aromatic rings. The summed E-state index contributed by atoms with van der Waals surface area (Å²) in [6.07, 6.45) is 1.39. The summed E-state index contributed by atoms with van der Waals surface area (Å²) in [6, 6.07) is 14.3. The van der Waals surface area contributed by atoms with Crippen molar-refractivity contribution in [3.05, 3.63) is 69.6 Å². The van der Waals surface area contributed by atoms with Gasteiger partial charge in [-0.05, 0) is 30.3 Å². The molecular formula is C17H11Cl2NO2S. The summed E-state index contributed by atoms with van der Waals surface area (Å²) in [5.41, 5.74) is 0.514. The van der Waals surface area contributed by atoms with Crippen LogP contribution in [-0.4, -0.2) is 18.2 Å². The maximum atomic E-state index is 12.7. The number of amides is 1. The van der Waals surface area contributed by atoms with E-state index < -0.39 is 0 Å². The Hall–Kier alpha value is -1.75. The monoisotopic (exact) mass is 363 g/mol. The van der Waals surface area contributed by atoms with Crippen molar-refractivity contribution in [2.24, 2.45) is 0 Å². The number of nitrogens with zero attached hydrogens (tertiary/aromatic N) is 1. The van der Waals surface area contributed by atoms with Crippen LogP contribution in [0.25, 0.3) is 0 Å². The van der Waals surface area contributed by atoms with Gasteiger partial charge in [-0.15, -0.1) is 0 Å². The summed E-state index contributed by atoms with van der Waals surface area (Å²) >= 11 is 13.3. The fraction of sp³-hybridized carbons (Fsp3) is 0.0588. The van der Waals surface area contributed by atoms with Gasteiger partial charge >= 0.3 is 0 Å². The number of ketones is 1. The lowest BCUT2D eigenvalue weighted by Crippen LogP contribution is -2.39. The first-order chi connectivity index (χ1) is 11.0. The van der Waals surface area contributed by atoms with Crippen LogP contribution in [0.1, 0.15) is 0 Å². The molecule has 0 aromatic heterocycles. The smallest absolute Gasteiger partial charge is 0.265 e. The first-order valence-electron chi connectivity index (χ1n) is 6.78. The van der Waals surface area contributed by atoms with E-state index in [-0.39, 0.29) is 18.2 Å². The molecule has 3 rings (SSSR count). The minimum Gasteiger partial charge on any atom is -0.300 e. The molecule has 23 heavy (non-hydrogen) atoms. The zero-order valence-corrected chi connectivity index (χ0v) is 14.2. The molecule has 0 N–H and O–H groups in total. The summed E-state index contributed by atoms with van der Waals surface area (Å²) in [5.74, 6) is -0.379. The summed E-state index contributed by atoms with van der Waals surface area (Å²) in [4.78, 5) is 27.4. The Morgan fingerprint density at radius 1 is 0.957 bits per heavy atom. The topological polar surface area (TPSA) is 37.4 Å². The first kappa shape index (κ1) is 16.1. The number of hydrogen-bond acceptors (Lipinski definition) is 3. The van der Waals surface area contributed by atoms with Gasteiger partial charge in [-0.25, -0.2) is 0 Å². The highest BCUT2D eigenvalue weighted by Gasteiger charge is 2.28. The number of thioether (sulfide) groups is 1. The molecular weight excluding hydrogens is 353 g/mol. The molecule has 116 valence electrons. The van der Waals surface area contributed by atoms with Gasteiger partial charge in [-0.2, -0.15) is 0 Å². The molecule has 0 fully saturated rings. The van der Waals surface area contributed by atoms with Gasteiger partial charge in [0, 0.05) is 26.7 Å². The van der Waals surface area contributed by atoms with Gasteiger partial charge in [-0.3, -0.25) is 9.59 Å². The van der Waals surface area contributed by atoms with Crippen molar-refractivity contribution in [2.45, 2.75) is 4.90 Å². The molecule has 3 nitrogen and oxygen atoms in total. The van der Waals surface area contributed by atoms with Gasteiger partial charge in [0.2, 0.25) is 0 Å². The van der Waals surface area contributed by atoms with Crippen LogP contribution in [0.4, 0.5) is 5.69 Å². The van der Waals surface area contributed by atoms with E-state index in [1.165, 1.54) is 22.7 Å². The average molecular weight is 364 g/mol. The molecule has 6 heteroatoms. The van der Waals surface area contributed by atoms with Crippen molar-refractivity contribution >= 4 is 52.3 Å². The fourth-order valence-electron chi connectivity index (χ4n) is 2.21. The Bertz CT molecular complexity index is 785. The summed E-state index contributed by atoms with van der Waals surface area (Å²) in [6.45, 7) is -0.0195. The molecule has 1 aliphatic rings. The van der Waals surface area contributed by atoms with Crippen LogP contribution < -0.4 is 4.90 Å². The predicted molar refractivity (Wildman–Crippen MR) is 94.2 cm³/mol. The Morgan fingerprint density at radius 2 is 1.61 bits per heavy atom. The first-order valence-corrected chi connectivity index (χ1v) is 8.35. The zero-order chi connectivity index (χ0) is 16.4. The SMILES string of the molecule is O=C1C=C(Sc2ccccc2)C(=O)N(c2cc(Cl)cc(Cl)c2)C1. The number of halogens is 2. The van der Waals surface area contributed by atoms with Crippen molar-refractivity contribution < 1.29 is 9.59 Å². The van der Waals surface area contributed by atoms with Crippen LogP contribution in [0.3, 0.4) is 0 Å². The molecule has 2 aromatic carbocycles.